The van der Waals surface area contributed by atoms with Crippen molar-refractivity contribution in [2.75, 3.05) is 26.2 Å². The fraction of sp³-hybridized carbons (Fsp3) is 0.414. The molecule has 1 fully saturated rings. The number of benzene rings is 2. The van der Waals surface area contributed by atoms with Gasteiger partial charge in [0.05, 0.1) is 16.8 Å². The van der Waals surface area contributed by atoms with Crippen LogP contribution >= 0.6 is 0 Å². The average Bonchev–Trinajstić information content (AvgIpc) is 3.62. The van der Waals surface area contributed by atoms with Crippen molar-refractivity contribution < 1.29 is 17.6 Å². The minimum atomic E-state index is -3.56. The molecule has 5 rings (SSSR count). The number of carbonyl (C=O) groups excluding carboxylic acids is 1. The molecule has 1 saturated heterocycles. The van der Waals surface area contributed by atoms with Crippen molar-refractivity contribution in [3.05, 3.63) is 65.7 Å². The van der Waals surface area contributed by atoms with Gasteiger partial charge in [-0.25, -0.2) is 17.5 Å². The highest BCUT2D eigenvalue weighted by Crippen LogP contribution is 2.32. The van der Waals surface area contributed by atoms with E-state index in [4.69, 9.17) is 0 Å². The van der Waals surface area contributed by atoms with Crippen LogP contribution in [-0.2, 0) is 23.0 Å². The van der Waals surface area contributed by atoms with E-state index in [0.29, 0.717) is 59.3 Å². The molecule has 1 atom stereocenters. The molecular formula is C29H35FN6O3S. The van der Waals surface area contributed by atoms with Crippen LogP contribution in [0.4, 0.5) is 4.39 Å². The summed E-state index contributed by atoms with van der Waals surface area (Å²) in [4.78, 5) is 17.9. The summed E-state index contributed by atoms with van der Waals surface area (Å²) in [5.41, 5.74) is 3.26. The second-order valence-corrected chi connectivity index (χ2v) is 12.8. The van der Waals surface area contributed by atoms with Crippen LogP contribution in [-0.4, -0.2) is 65.3 Å². The summed E-state index contributed by atoms with van der Waals surface area (Å²) < 4.78 is 43.9. The highest BCUT2D eigenvalue weighted by Gasteiger charge is 2.25. The van der Waals surface area contributed by atoms with Gasteiger partial charge >= 0.3 is 0 Å². The molecule has 212 valence electrons. The van der Waals surface area contributed by atoms with E-state index in [-0.39, 0.29) is 16.5 Å². The molecule has 11 heteroatoms. The maximum atomic E-state index is 14.0. The third kappa shape index (κ3) is 6.32. The number of aromatic amines is 1. The molecule has 9 nitrogen and oxygen atoms in total. The molecule has 3 heterocycles. The number of carbonyl (C=O) groups is 1. The van der Waals surface area contributed by atoms with Gasteiger partial charge in [-0.05, 0) is 67.1 Å². The summed E-state index contributed by atoms with van der Waals surface area (Å²) in [6.07, 6.45) is 3.67. The summed E-state index contributed by atoms with van der Waals surface area (Å²) in [5, 5.41) is 9.17. The van der Waals surface area contributed by atoms with Gasteiger partial charge in [0.2, 0.25) is 10.0 Å². The molecule has 2 aromatic carbocycles. The van der Waals surface area contributed by atoms with Crippen LogP contribution in [0.3, 0.4) is 0 Å². The Hall–Kier alpha value is -3.41. The van der Waals surface area contributed by atoms with Gasteiger partial charge in [0.1, 0.15) is 11.5 Å². The van der Waals surface area contributed by atoms with Crippen molar-refractivity contribution >= 4 is 26.7 Å². The number of likely N-dealkylation sites (tertiary alicyclic amines) is 1. The first-order valence-electron chi connectivity index (χ1n) is 13.6. The van der Waals surface area contributed by atoms with E-state index in [2.05, 4.69) is 38.8 Å². The third-order valence-corrected chi connectivity index (χ3v) is 8.80. The zero-order valence-corrected chi connectivity index (χ0v) is 23.8. The van der Waals surface area contributed by atoms with Crippen LogP contribution in [0.1, 0.15) is 43.2 Å². The quantitative estimate of drug-likeness (QED) is 0.262. The highest BCUT2D eigenvalue weighted by atomic mass is 32.2. The maximum Gasteiger partial charge on any atom is 0.240 e. The van der Waals surface area contributed by atoms with Crippen LogP contribution in [0.2, 0.25) is 0 Å². The number of fused-ring (bicyclic) bond motifs is 1. The Kier molecular flexibility index (Phi) is 8.16. The number of ketones is 1. The Morgan fingerprint density at radius 3 is 2.70 bits per heavy atom. The second-order valence-electron chi connectivity index (χ2n) is 11.0. The number of aromatic nitrogens is 4. The Bertz CT molecular complexity index is 1610. The van der Waals surface area contributed by atoms with E-state index in [9.17, 15) is 17.6 Å². The minimum Gasteiger partial charge on any atom is -0.352 e. The lowest BCUT2D eigenvalue weighted by atomic mass is 10.0. The Morgan fingerprint density at radius 1 is 1.20 bits per heavy atom. The summed E-state index contributed by atoms with van der Waals surface area (Å²) in [5.74, 6) is 0.295. The first-order chi connectivity index (χ1) is 19.1. The lowest BCUT2D eigenvalue weighted by Gasteiger charge is -2.16. The predicted molar refractivity (Wildman–Crippen MR) is 152 cm³/mol. The van der Waals surface area contributed by atoms with Crippen molar-refractivity contribution in [1.29, 1.82) is 0 Å². The molecular weight excluding hydrogens is 531 g/mol. The van der Waals surface area contributed by atoms with Gasteiger partial charge in [0.15, 0.2) is 5.78 Å². The van der Waals surface area contributed by atoms with E-state index < -0.39 is 10.0 Å². The molecule has 2 N–H and O–H groups in total. The SMILES string of the molecule is CC(=O)c1[nH]c2ccc(F)cc2c1-c1cn(C[C@H]2CCN(CCNS(=O)(=O)c3ccc(CC(C)C)cc3)C2)nn1. The molecule has 0 amide bonds. The zero-order valence-electron chi connectivity index (χ0n) is 23.0. The third-order valence-electron chi connectivity index (χ3n) is 7.32. The lowest BCUT2D eigenvalue weighted by Crippen LogP contribution is -2.34. The van der Waals surface area contributed by atoms with Gasteiger partial charge in [-0.1, -0.05) is 31.2 Å². The number of Topliss-reactive ketones (excluding diaryl/α,β-unsaturated/α-hetero) is 1. The first-order valence-corrected chi connectivity index (χ1v) is 15.1. The molecule has 0 radical (unpaired) electrons. The number of rotatable bonds is 11. The number of H-pyrrole nitrogens is 1. The van der Waals surface area contributed by atoms with Crippen molar-refractivity contribution in [3.8, 4) is 11.3 Å². The van der Waals surface area contributed by atoms with Crippen LogP contribution < -0.4 is 4.72 Å². The van der Waals surface area contributed by atoms with E-state index in [0.717, 1.165) is 31.5 Å². The van der Waals surface area contributed by atoms with Crippen molar-refractivity contribution in [2.45, 2.75) is 45.1 Å². The van der Waals surface area contributed by atoms with Crippen molar-refractivity contribution in [3.63, 3.8) is 0 Å². The van der Waals surface area contributed by atoms with Crippen LogP contribution in [0, 0.1) is 17.7 Å². The van der Waals surface area contributed by atoms with E-state index in [1.807, 2.05) is 12.1 Å². The molecule has 4 aromatic rings. The molecule has 0 unspecified atom stereocenters. The van der Waals surface area contributed by atoms with Crippen LogP contribution in [0.15, 0.2) is 53.6 Å². The number of sulfonamides is 1. The number of hydrogen-bond donors (Lipinski definition) is 2. The fourth-order valence-electron chi connectivity index (χ4n) is 5.42. The van der Waals surface area contributed by atoms with E-state index in [1.54, 1.807) is 29.1 Å². The number of nitrogens with one attached hydrogen (secondary N) is 2. The standard InChI is InChI=1S/C29H35FN6O3S/c1-19(2)14-21-4-7-24(8-5-21)40(38,39)31-11-13-35-12-10-22(16-35)17-36-18-27(33-34-36)28-25-15-23(30)6-9-26(25)32-29(28)20(3)37/h4-9,15,18-19,22,31-32H,10-14,16-17H2,1-3H3/t22-/m0/s1. The summed E-state index contributed by atoms with van der Waals surface area (Å²) >= 11 is 0. The normalized spacial score (nSPS) is 16.4. The zero-order chi connectivity index (χ0) is 28.4. The monoisotopic (exact) mass is 566 g/mol. The summed E-state index contributed by atoms with van der Waals surface area (Å²) in [6, 6.07) is 11.5. The van der Waals surface area contributed by atoms with E-state index >= 15 is 0 Å². The summed E-state index contributed by atoms with van der Waals surface area (Å²) in [7, 11) is -3.56. The van der Waals surface area contributed by atoms with Crippen molar-refractivity contribution in [2.24, 2.45) is 11.8 Å². The molecule has 0 saturated carbocycles. The molecule has 40 heavy (non-hydrogen) atoms. The van der Waals surface area contributed by atoms with Crippen molar-refractivity contribution in [1.82, 2.24) is 29.6 Å². The summed E-state index contributed by atoms with van der Waals surface area (Å²) in [6.45, 7) is 9.02. The molecule has 0 spiro atoms. The van der Waals surface area contributed by atoms with Gasteiger partial charge in [0, 0.05) is 49.6 Å². The molecule has 2 aromatic heterocycles. The van der Waals surface area contributed by atoms with Gasteiger partial charge < -0.3 is 9.88 Å². The van der Waals surface area contributed by atoms with E-state index in [1.165, 1.54) is 19.1 Å². The minimum absolute atomic E-state index is 0.161. The highest BCUT2D eigenvalue weighted by molar-refractivity contribution is 7.89. The Labute approximate surface area is 233 Å². The lowest BCUT2D eigenvalue weighted by molar-refractivity contribution is 0.101. The molecule has 1 aliphatic heterocycles. The van der Waals surface area contributed by atoms with Gasteiger partial charge in [-0.3, -0.25) is 9.48 Å². The molecule has 1 aliphatic rings. The van der Waals surface area contributed by atoms with Crippen LogP contribution in [0.25, 0.3) is 22.2 Å². The Balaban J connectivity index is 1.16. The average molecular weight is 567 g/mol. The number of nitrogens with zero attached hydrogens (tertiary/aromatic N) is 4. The molecule has 0 aliphatic carbocycles. The molecule has 0 bridgehead atoms. The maximum absolute atomic E-state index is 14.0. The number of hydrogen-bond acceptors (Lipinski definition) is 6. The second kappa shape index (κ2) is 11.6. The van der Waals surface area contributed by atoms with Gasteiger partial charge in [0.25, 0.3) is 0 Å². The Morgan fingerprint density at radius 2 is 1.98 bits per heavy atom. The number of halogens is 1. The van der Waals surface area contributed by atoms with Gasteiger partial charge in [-0.2, -0.15) is 0 Å². The topological polar surface area (TPSA) is 113 Å². The predicted octanol–water partition coefficient (Wildman–Crippen LogP) is 4.27. The largest absolute Gasteiger partial charge is 0.352 e. The van der Waals surface area contributed by atoms with Gasteiger partial charge in [-0.15, -0.1) is 5.10 Å². The van der Waals surface area contributed by atoms with Crippen LogP contribution in [0.5, 0.6) is 0 Å². The smallest absolute Gasteiger partial charge is 0.240 e. The fourth-order valence-corrected chi connectivity index (χ4v) is 6.44. The first kappa shape index (κ1) is 28.1.